The molecule has 49 heavy (non-hydrogen) atoms. The van der Waals surface area contributed by atoms with Crippen LogP contribution in [0, 0.1) is 34.0 Å². The van der Waals surface area contributed by atoms with Crippen LogP contribution >= 0.6 is 0 Å². The summed E-state index contributed by atoms with van der Waals surface area (Å²) in [6.07, 6.45) is 0.480. The highest BCUT2D eigenvalue weighted by atomic mass is 16.3. The average molecular weight is 662 g/mol. The highest BCUT2D eigenvalue weighted by Gasteiger charge is 2.65. The van der Waals surface area contributed by atoms with Gasteiger partial charge in [0.1, 0.15) is 24.1 Å². The highest BCUT2D eigenvalue weighted by molar-refractivity contribution is 6.08. The van der Waals surface area contributed by atoms with E-state index in [0.717, 1.165) is 22.9 Å². The van der Waals surface area contributed by atoms with Gasteiger partial charge in [-0.3, -0.25) is 19.2 Å². The molecule has 0 radical (unpaired) electrons. The third-order valence-electron chi connectivity index (χ3n) is 11.6. The lowest BCUT2D eigenvalue weighted by Crippen LogP contribution is -2.55. The number of rotatable bonds is 6. The maximum Gasteiger partial charge on any atom is 0.249 e. The molecule has 3 amide bonds. The van der Waals surface area contributed by atoms with Crippen LogP contribution in [0.1, 0.15) is 57.2 Å². The van der Waals surface area contributed by atoms with Gasteiger partial charge in [-0.2, -0.15) is 5.26 Å². The summed E-state index contributed by atoms with van der Waals surface area (Å²) >= 11 is 0. The summed E-state index contributed by atoms with van der Waals surface area (Å²) in [5.41, 5.74) is 1.30. The van der Waals surface area contributed by atoms with E-state index in [9.17, 15) is 29.5 Å². The van der Waals surface area contributed by atoms with Crippen molar-refractivity contribution in [3.05, 3.63) is 77.9 Å². The summed E-state index contributed by atoms with van der Waals surface area (Å²) in [7, 11) is 0. The molecule has 3 aromatic rings. The van der Waals surface area contributed by atoms with Crippen molar-refractivity contribution in [2.45, 2.75) is 58.2 Å². The Hall–Kier alpha value is -4.75. The van der Waals surface area contributed by atoms with Crippen molar-refractivity contribution in [3.63, 3.8) is 0 Å². The van der Waals surface area contributed by atoms with E-state index >= 15 is 0 Å². The average Bonchev–Trinajstić information content (AvgIpc) is 3.71. The number of nitrogens with one attached hydrogen (secondary N) is 1. The van der Waals surface area contributed by atoms with Crippen LogP contribution in [0.5, 0.6) is 0 Å². The number of nitriles is 1. The van der Waals surface area contributed by atoms with Crippen molar-refractivity contribution < 1.29 is 24.3 Å². The van der Waals surface area contributed by atoms with Crippen LogP contribution in [0.4, 0.5) is 5.69 Å². The highest BCUT2D eigenvalue weighted by Crippen LogP contribution is 2.63. The smallest absolute Gasteiger partial charge is 0.249 e. The number of piperazine rings is 1. The largest absolute Gasteiger partial charge is 0.391 e. The molecule has 1 unspecified atom stereocenters. The lowest BCUT2D eigenvalue weighted by atomic mass is 9.67. The van der Waals surface area contributed by atoms with Crippen LogP contribution in [0.15, 0.2) is 66.7 Å². The van der Waals surface area contributed by atoms with Gasteiger partial charge in [-0.25, -0.2) is 0 Å². The molecule has 2 bridgehead atoms. The molecule has 2 heterocycles. The quantitative estimate of drug-likeness (QED) is 0.384. The first-order valence-electron chi connectivity index (χ1n) is 17.3. The first-order chi connectivity index (χ1) is 23.4. The third-order valence-corrected chi connectivity index (χ3v) is 11.6. The first-order valence-corrected chi connectivity index (χ1v) is 17.3. The van der Waals surface area contributed by atoms with E-state index in [2.05, 4.69) is 30.1 Å². The lowest BCUT2D eigenvalue weighted by molar-refractivity contribution is -0.151. The maximum atomic E-state index is 14.5. The molecule has 0 aromatic heterocycles. The Labute approximate surface area is 286 Å². The number of nitrogens with zero attached hydrogens (tertiary/aromatic N) is 4. The van der Waals surface area contributed by atoms with Crippen LogP contribution in [0.25, 0.3) is 10.8 Å². The number of carbonyl (C=O) groups excluding carboxylic acids is 4. The lowest BCUT2D eigenvalue weighted by Gasteiger charge is -2.39. The van der Waals surface area contributed by atoms with Crippen LogP contribution < -0.4 is 10.2 Å². The maximum absolute atomic E-state index is 14.5. The Kier molecular flexibility index (Phi) is 8.22. The van der Waals surface area contributed by atoms with E-state index in [0.29, 0.717) is 43.7 Å². The van der Waals surface area contributed by atoms with Gasteiger partial charge in [0, 0.05) is 44.6 Å². The van der Waals surface area contributed by atoms with Gasteiger partial charge in [0.05, 0.1) is 17.4 Å². The van der Waals surface area contributed by atoms with Crippen LogP contribution in [-0.2, 0) is 19.2 Å². The number of ketones is 1. The Balaban J connectivity index is 1.15. The van der Waals surface area contributed by atoms with Gasteiger partial charge in [0.2, 0.25) is 17.7 Å². The number of amides is 3. The van der Waals surface area contributed by atoms with E-state index in [1.54, 1.807) is 11.0 Å². The summed E-state index contributed by atoms with van der Waals surface area (Å²) in [6.45, 7) is 7.92. The molecule has 2 saturated heterocycles. The van der Waals surface area contributed by atoms with E-state index in [4.69, 9.17) is 0 Å². The van der Waals surface area contributed by atoms with Crippen molar-refractivity contribution >= 4 is 40.0 Å². The molecule has 0 spiro atoms. The number of benzene rings is 3. The number of hydrogen-bond donors (Lipinski definition) is 2. The number of aliphatic hydroxyl groups excluding tert-OH is 1. The fourth-order valence-electron chi connectivity index (χ4n) is 9.26. The minimum Gasteiger partial charge on any atom is -0.391 e. The summed E-state index contributed by atoms with van der Waals surface area (Å²) < 4.78 is 0. The van der Waals surface area contributed by atoms with E-state index in [1.165, 1.54) is 4.90 Å². The molecule has 2 aliphatic heterocycles. The zero-order chi connectivity index (χ0) is 34.7. The zero-order valence-corrected chi connectivity index (χ0v) is 28.3. The number of hydrogen-bond acceptors (Lipinski definition) is 7. The fraction of sp³-hybridized carbons (Fsp3) is 0.462. The molecule has 10 nitrogen and oxygen atoms in total. The van der Waals surface area contributed by atoms with Gasteiger partial charge in [-0.15, -0.1) is 0 Å². The third kappa shape index (κ3) is 5.64. The summed E-state index contributed by atoms with van der Waals surface area (Å²) in [4.78, 5) is 61.6. The number of aliphatic hydroxyl groups is 1. The van der Waals surface area contributed by atoms with Gasteiger partial charge in [0.15, 0.2) is 5.78 Å². The second kappa shape index (κ2) is 12.3. The molecule has 4 fully saturated rings. The van der Waals surface area contributed by atoms with Gasteiger partial charge in [-0.05, 0) is 52.6 Å². The molecule has 3 aromatic carbocycles. The number of para-hydroxylation sites is 1. The molecular weight excluding hydrogens is 618 g/mol. The fourth-order valence-corrected chi connectivity index (χ4v) is 9.26. The molecule has 2 N–H and O–H groups in total. The molecule has 254 valence electrons. The molecule has 4 aliphatic rings. The Bertz CT molecular complexity index is 1870. The Morgan fingerprint density at radius 3 is 2.39 bits per heavy atom. The number of Topliss-reactive ketones (excluding diaryl/α,β-unsaturated/α-hetero) is 1. The molecule has 2 aliphatic carbocycles. The van der Waals surface area contributed by atoms with Gasteiger partial charge in [0.25, 0.3) is 0 Å². The Morgan fingerprint density at radius 1 is 0.959 bits per heavy atom. The van der Waals surface area contributed by atoms with Gasteiger partial charge < -0.3 is 25.1 Å². The van der Waals surface area contributed by atoms with Crippen LogP contribution in [0.3, 0.4) is 0 Å². The second-order valence-electron chi connectivity index (χ2n) is 15.2. The number of carbonyl (C=O) groups is 4. The van der Waals surface area contributed by atoms with E-state index < -0.39 is 41.3 Å². The summed E-state index contributed by atoms with van der Waals surface area (Å²) in [5.74, 6) is -2.23. The SMILES string of the molecule is CC1(C)C[C@@]2(C)C[C@H]1C(C(=O)N1C[C@H](O)C[C@H]1C(=O)N[C@H](C(=O)N1CCN(c3ccccc3C#N)CC1)c1cccc3ccccc13)C2=O. The summed E-state index contributed by atoms with van der Waals surface area (Å²) in [5, 5.41) is 25.1. The number of likely N-dealkylation sites (tertiary alicyclic amines) is 1. The molecular formula is C39H43N5O5. The van der Waals surface area contributed by atoms with Crippen molar-refractivity contribution in [2.24, 2.45) is 22.7 Å². The van der Waals surface area contributed by atoms with Crippen LogP contribution in [0.2, 0.25) is 0 Å². The molecule has 10 heteroatoms. The second-order valence-corrected chi connectivity index (χ2v) is 15.2. The predicted molar refractivity (Wildman–Crippen MR) is 184 cm³/mol. The number of β-amino-alcohol motifs (C(OH)–C–C–N with tert-alkyl or cyclic N) is 1. The van der Waals surface area contributed by atoms with Crippen molar-refractivity contribution in [1.82, 2.24) is 15.1 Å². The topological polar surface area (TPSA) is 134 Å². The van der Waals surface area contributed by atoms with Crippen molar-refractivity contribution in [1.29, 1.82) is 5.26 Å². The van der Waals surface area contributed by atoms with Crippen LogP contribution in [-0.4, -0.2) is 83.3 Å². The predicted octanol–water partition coefficient (Wildman–Crippen LogP) is 3.82. The molecule has 7 rings (SSSR count). The monoisotopic (exact) mass is 661 g/mol. The standard InChI is InChI=1S/C39H43N5O5/c1-38(2)23-39(3)20-29(38)32(34(39)46)36(48)44-22-26(45)19-31(44)35(47)41-33(28-13-8-11-24-9-4-6-12-27(24)28)37(49)43-17-15-42(16-18-43)30-14-7-5-10-25(30)21-40/h4-14,26,29,31-33,45H,15-20,22-23H2,1-3H3,(H,41,47)/t26-,29+,31+,32?,33+,39-/m1/s1. The van der Waals surface area contributed by atoms with Crippen molar-refractivity contribution in [2.75, 3.05) is 37.6 Å². The zero-order valence-electron chi connectivity index (χ0n) is 28.3. The first kappa shape index (κ1) is 32.8. The summed E-state index contributed by atoms with van der Waals surface area (Å²) in [6, 6.07) is 20.9. The number of fused-ring (bicyclic) bond motifs is 3. The van der Waals surface area contributed by atoms with E-state index in [1.807, 2.05) is 67.6 Å². The molecule has 2 saturated carbocycles. The Morgan fingerprint density at radius 2 is 1.65 bits per heavy atom. The molecule has 6 atom stereocenters. The van der Waals surface area contributed by atoms with Gasteiger partial charge >= 0.3 is 0 Å². The normalized spacial score (nSPS) is 28.1. The van der Waals surface area contributed by atoms with E-state index in [-0.39, 0.29) is 36.0 Å². The minimum atomic E-state index is -1.05. The number of anilines is 1. The van der Waals surface area contributed by atoms with Gasteiger partial charge in [-0.1, -0.05) is 75.4 Å². The van der Waals surface area contributed by atoms with Crippen molar-refractivity contribution in [3.8, 4) is 6.07 Å². The minimum absolute atomic E-state index is 0.0250.